The van der Waals surface area contributed by atoms with Crippen LogP contribution in [0.25, 0.3) is 0 Å². The minimum absolute atomic E-state index is 0.0530. The average Bonchev–Trinajstić information content (AvgIpc) is 2.75. The third-order valence-electron chi connectivity index (χ3n) is 4.72. The van der Waals surface area contributed by atoms with Crippen molar-refractivity contribution in [3.63, 3.8) is 0 Å². The Kier molecular flexibility index (Phi) is 5.84. The van der Waals surface area contributed by atoms with E-state index < -0.39 is 19.7 Å². The van der Waals surface area contributed by atoms with Crippen LogP contribution in [0.3, 0.4) is 0 Å². The summed E-state index contributed by atoms with van der Waals surface area (Å²) < 4.78 is 45.5. The second-order valence-electron chi connectivity index (χ2n) is 6.52. The van der Waals surface area contributed by atoms with Crippen molar-refractivity contribution in [3.05, 3.63) is 77.8 Å². The van der Waals surface area contributed by atoms with Gasteiger partial charge in [0.05, 0.1) is 17.4 Å². The number of sulfonamides is 1. The Morgan fingerprint density at radius 2 is 2.07 bits per heavy atom. The molecule has 29 heavy (non-hydrogen) atoms. The Morgan fingerprint density at radius 3 is 2.72 bits per heavy atom. The number of nitrogens with zero attached hydrogens (tertiary/aromatic N) is 2. The van der Waals surface area contributed by atoms with Crippen molar-refractivity contribution >= 4 is 15.7 Å². The zero-order valence-electron chi connectivity index (χ0n) is 15.9. The Balaban J connectivity index is 2.06. The molecule has 0 saturated carbocycles. The molecule has 1 unspecified atom stereocenters. The molecular weight excluding hydrogens is 393 g/mol. The van der Waals surface area contributed by atoms with Crippen LogP contribution in [0.1, 0.15) is 12.5 Å². The first-order chi connectivity index (χ1) is 13.8. The van der Waals surface area contributed by atoms with Gasteiger partial charge in [0.15, 0.2) is 17.3 Å². The first-order valence-electron chi connectivity index (χ1n) is 9.02. The highest BCUT2D eigenvalue weighted by atomic mass is 32.2. The summed E-state index contributed by atoms with van der Waals surface area (Å²) >= 11 is 0. The van der Waals surface area contributed by atoms with Crippen LogP contribution in [0.15, 0.2) is 66.4 Å². The van der Waals surface area contributed by atoms with Gasteiger partial charge in [-0.3, -0.25) is 0 Å². The largest absolute Gasteiger partial charge is 0.454 e. The smallest absolute Gasteiger partial charge is 0.306 e. The lowest BCUT2D eigenvalue weighted by molar-refractivity contribution is 0.440. The standard InChI is InChI=1S/C21H21FN3O3S/c1-2-29(26,27)25(10-4-5-17(14-24)15-25)18-6-3-7-19(12-18)28-21-9-8-16(13-23)11-20(21)22/h3-9,11-12,15H,2,10,14,24H2,1H3/q+1. The zero-order chi connectivity index (χ0) is 21.1. The molecule has 0 saturated heterocycles. The first kappa shape index (κ1) is 20.7. The molecule has 0 fully saturated rings. The average molecular weight is 414 g/mol. The van der Waals surface area contributed by atoms with E-state index in [1.54, 1.807) is 43.5 Å². The van der Waals surface area contributed by atoms with Gasteiger partial charge in [-0.1, -0.05) is 12.1 Å². The van der Waals surface area contributed by atoms with Crippen molar-refractivity contribution in [3.8, 4) is 17.6 Å². The van der Waals surface area contributed by atoms with E-state index in [4.69, 9.17) is 15.7 Å². The van der Waals surface area contributed by atoms with Gasteiger partial charge in [-0.05, 0) is 37.3 Å². The number of ether oxygens (including phenoxy) is 1. The fourth-order valence-corrected chi connectivity index (χ4v) is 4.68. The Labute approximate surface area is 169 Å². The third kappa shape index (κ3) is 3.93. The third-order valence-corrected chi connectivity index (χ3v) is 6.91. The highest BCUT2D eigenvalue weighted by Crippen LogP contribution is 2.36. The van der Waals surface area contributed by atoms with E-state index in [0.717, 1.165) is 6.07 Å². The summed E-state index contributed by atoms with van der Waals surface area (Å²) in [7, 11) is -3.60. The van der Waals surface area contributed by atoms with E-state index in [1.807, 2.05) is 12.1 Å². The molecule has 2 aromatic carbocycles. The molecule has 1 atom stereocenters. The van der Waals surface area contributed by atoms with Crippen molar-refractivity contribution < 1.29 is 17.5 Å². The summed E-state index contributed by atoms with van der Waals surface area (Å²) in [5.41, 5.74) is 7.10. The highest BCUT2D eigenvalue weighted by molar-refractivity contribution is 7.91. The van der Waals surface area contributed by atoms with Gasteiger partial charge in [0.2, 0.25) is 0 Å². The summed E-state index contributed by atoms with van der Waals surface area (Å²) in [5, 5.41) is 8.86. The minimum atomic E-state index is -3.60. The van der Waals surface area contributed by atoms with Crippen LogP contribution in [-0.4, -0.2) is 27.3 Å². The molecule has 0 aliphatic carbocycles. The summed E-state index contributed by atoms with van der Waals surface area (Å²) in [6, 6.07) is 12.3. The summed E-state index contributed by atoms with van der Waals surface area (Å²) in [4.78, 5) is 0. The van der Waals surface area contributed by atoms with Crippen LogP contribution in [0, 0.1) is 17.1 Å². The molecule has 1 heterocycles. The van der Waals surface area contributed by atoms with Gasteiger partial charge in [0.1, 0.15) is 18.5 Å². The molecule has 0 aromatic heterocycles. The maximum atomic E-state index is 14.2. The minimum Gasteiger partial charge on any atom is -0.454 e. The Bertz CT molecular complexity index is 1140. The number of hydrogen-bond donors (Lipinski definition) is 1. The molecule has 2 aromatic rings. The van der Waals surface area contributed by atoms with Crippen molar-refractivity contribution in [1.29, 1.82) is 5.26 Å². The van der Waals surface area contributed by atoms with Crippen molar-refractivity contribution in [2.75, 3.05) is 18.8 Å². The Hall–Kier alpha value is -2.99. The molecule has 0 radical (unpaired) electrons. The number of nitrogens with two attached hydrogens (primary N) is 1. The van der Waals surface area contributed by atoms with Crippen LogP contribution in [0.5, 0.6) is 11.5 Å². The summed E-state index contributed by atoms with van der Waals surface area (Å²) in [6.07, 6.45) is 5.23. The quantitative estimate of drug-likeness (QED) is 0.730. The number of rotatable bonds is 6. The molecule has 0 amide bonds. The maximum Gasteiger partial charge on any atom is 0.306 e. The van der Waals surface area contributed by atoms with Gasteiger partial charge in [-0.2, -0.15) is 17.6 Å². The number of hydrogen-bond acceptors (Lipinski definition) is 5. The van der Waals surface area contributed by atoms with E-state index in [2.05, 4.69) is 0 Å². The van der Waals surface area contributed by atoms with Crippen LogP contribution in [0.4, 0.5) is 10.1 Å². The van der Waals surface area contributed by atoms with E-state index in [9.17, 15) is 12.8 Å². The molecule has 1 aliphatic rings. The van der Waals surface area contributed by atoms with Gasteiger partial charge in [-0.25, -0.2) is 4.39 Å². The number of quaternary nitrogens is 1. The number of halogens is 1. The summed E-state index contributed by atoms with van der Waals surface area (Å²) in [6.45, 7) is 2.02. The molecule has 2 N–H and O–H groups in total. The molecular formula is C21H21FN3O3S+. The topological polar surface area (TPSA) is 93.2 Å². The normalized spacial score (nSPS) is 18.8. The second-order valence-corrected chi connectivity index (χ2v) is 8.91. The van der Waals surface area contributed by atoms with Crippen molar-refractivity contribution in [1.82, 2.24) is 3.89 Å². The van der Waals surface area contributed by atoms with Gasteiger partial charge in [0.25, 0.3) is 0 Å². The van der Waals surface area contributed by atoms with E-state index in [1.165, 1.54) is 12.1 Å². The van der Waals surface area contributed by atoms with Gasteiger partial charge >= 0.3 is 10.0 Å². The predicted molar refractivity (Wildman–Crippen MR) is 110 cm³/mol. The Morgan fingerprint density at radius 1 is 1.28 bits per heavy atom. The molecule has 0 bridgehead atoms. The van der Waals surface area contributed by atoms with Gasteiger partial charge in [0, 0.05) is 24.3 Å². The fraction of sp³-hybridized carbons (Fsp3) is 0.190. The second kappa shape index (κ2) is 8.17. The SMILES string of the molecule is CCS(=O)(=O)[N+]1(c2cccc(Oc3ccc(C#N)cc3F)c2)C=C(CN)C=CC1. The molecule has 0 spiro atoms. The van der Waals surface area contributed by atoms with Crippen LogP contribution < -0.4 is 14.4 Å². The molecule has 6 nitrogen and oxygen atoms in total. The maximum absolute atomic E-state index is 14.2. The zero-order valence-corrected chi connectivity index (χ0v) is 16.7. The fourth-order valence-electron chi connectivity index (χ4n) is 3.17. The first-order valence-corrected chi connectivity index (χ1v) is 10.6. The van der Waals surface area contributed by atoms with Gasteiger partial charge in [-0.15, -0.1) is 0 Å². The van der Waals surface area contributed by atoms with Crippen molar-refractivity contribution in [2.45, 2.75) is 6.92 Å². The molecule has 1 aliphatic heterocycles. The molecule has 3 rings (SSSR count). The lowest BCUT2D eigenvalue weighted by Gasteiger charge is -2.34. The predicted octanol–water partition coefficient (Wildman–Crippen LogP) is 3.56. The number of benzene rings is 2. The van der Waals surface area contributed by atoms with Gasteiger partial charge < -0.3 is 10.5 Å². The lowest BCUT2D eigenvalue weighted by Crippen LogP contribution is -2.51. The van der Waals surface area contributed by atoms with E-state index >= 15 is 0 Å². The van der Waals surface area contributed by atoms with Crippen LogP contribution >= 0.6 is 0 Å². The van der Waals surface area contributed by atoms with Crippen LogP contribution in [0.2, 0.25) is 0 Å². The molecule has 150 valence electrons. The van der Waals surface area contributed by atoms with Crippen molar-refractivity contribution in [2.24, 2.45) is 5.73 Å². The highest BCUT2D eigenvalue weighted by Gasteiger charge is 2.42. The van der Waals surface area contributed by atoms with Crippen LogP contribution in [-0.2, 0) is 10.0 Å². The van der Waals surface area contributed by atoms with E-state index in [-0.39, 0.29) is 35.9 Å². The summed E-state index contributed by atoms with van der Waals surface area (Å²) in [5.74, 6) is -0.509. The lowest BCUT2D eigenvalue weighted by atomic mass is 10.2. The number of nitriles is 1. The molecule has 8 heteroatoms. The van der Waals surface area contributed by atoms with E-state index in [0.29, 0.717) is 11.3 Å². The monoisotopic (exact) mass is 414 g/mol.